The minimum Gasteiger partial charge on any atom is -0.469 e. The number of benzene rings is 1. The van der Waals surface area contributed by atoms with Gasteiger partial charge < -0.3 is 10.1 Å². The molecule has 2 rings (SSSR count). The number of hydrogen-bond donors (Lipinski definition) is 1. The van der Waals surface area contributed by atoms with Crippen molar-refractivity contribution in [2.75, 3.05) is 25.5 Å². The van der Waals surface area contributed by atoms with Crippen molar-refractivity contribution in [1.82, 2.24) is 4.90 Å². The third-order valence-corrected chi connectivity index (χ3v) is 4.03. The minimum absolute atomic E-state index is 0.0160. The van der Waals surface area contributed by atoms with Crippen LogP contribution in [0.25, 0.3) is 0 Å². The number of nitrogens with zero attached hydrogens (tertiary/aromatic N) is 1. The number of carbonyl (C=O) groups excluding carboxylic acids is 2. The number of likely N-dealkylation sites (tertiary alicyclic amines) is 1. The predicted molar refractivity (Wildman–Crippen MR) is 80.8 cm³/mol. The van der Waals surface area contributed by atoms with Crippen LogP contribution >= 0.6 is 0 Å². The van der Waals surface area contributed by atoms with Crippen LogP contribution < -0.4 is 5.32 Å². The molecule has 0 bridgehead atoms. The van der Waals surface area contributed by atoms with Gasteiger partial charge in [0.25, 0.3) is 0 Å². The van der Waals surface area contributed by atoms with Crippen LogP contribution in [0.4, 0.5) is 5.69 Å². The molecule has 1 heterocycles. The van der Waals surface area contributed by atoms with E-state index in [1.165, 1.54) is 7.11 Å². The fraction of sp³-hybridized carbons (Fsp3) is 0.500. The molecule has 1 amide bonds. The number of nitrogens with one attached hydrogen (secondary N) is 1. The zero-order valence-corrected chi connectivity index (χ0v) is 12.5. The normalized spacial score (nSPS) is 18.0. The third kappa shape index (κ3) is 4.04. The number of hydrogen-bond acceptors (Lipinski definition) is 4. The Morgan fingerprint density at radius 1 is 1.24 bits per heavy atom. The van der Waals surface area contributed by atoms with Gasteiger partial charge in [0.15, 0.2) is 0 Å². The number of esters is 1. The number of methoxy groups -OCH3 is 1. The number of amides is 1. The number of rotatable bonds is 4. The van der Waals surface area contributed by atoms with E-state index in [1.54, 1.807) is 0 Å². The maximum atomic E-state index is 12.2. The van der Waals surface area contributed by atoms with Gasteiger partial charge in [0.1, 0.15) is 0 Å². The van der Waals surface area contributed by atoms with Crippen molar-refractivity contribution in [2.45, 2.75) is 25.8 Å². The van der Waals surface area contributed by atoms with Gasteiger partial charge in [-0.3, -0.25) is 14.5 Å². The highest BCUT2D eigenvalue weighted by Gasteiger charge is 2.30. The van der Waals surface area contributed by atoms with Gasteiger partial charge in [0.2, 0.25) is 5.91 Å². The molecule has 1 aromatic carbocycles. The summed E-state index contributed by atoms with van der Waals surface area (Å²) in [6.07, 6.45) is 1.49. The van der Waals surface area contributed by atoms with Crippen molar-refractivity contribution >= 4 is 17.6 Å². The van der Waals surface area contributed by atoms with Gasteiger partial charge in [0.05, 0.1) is 19.1 Å². The molecule has 0 aromatic heterocycles. The fourth-order valence-electron chi connectivity index (χ4n) is 2.62. The molecule has 1 aliphatic heterocycles. The first-order valence-electron chi connectivity index (χ1n) is 7.29. The van der Waals surface area contributed by atoms with Crippen LogP contribution in [0.15, 0.2) is 30.3 Å². The van der Waals surface area contributed by atoms with Crippen LogP contribution in [0.2, 0.25) is 0 Å². The van der Waals surface area contributed by atoms with E-state index in [0.29, 0.717) is 0 Å². The maximum absolute atomic E-state index is 12.2. The largest absolute Gasteiger partial charge is 0.469 e. The van der Waals surface area contributed by atoms with Crippen LogP contribution in [0.3, 0.4) is 0 Å². The lowest BCUT2D eigenvalue weighted by Crippen LogP contribution is -2.47. The maximum Gasteiger partial charge on any atom is 0.308 e. The van der Waals surface area contributed by atoms with Crippen molar-refractivity contribution in [3.05, 3.63) is 30.3 Å². The Morgan fingerprint density at radius 3 is 2.43 bits per heavy atom. The van der Waals surface area contributed by atoms with Gasteiger partial charge in [-0.2, -0.15) is 0 Å². The number of carbonyl (C=O) groups is 2. The Hall–Kier alpha value is -1.88. The van der Waals surface area contributed by atoms with Crippen LogP contribution in [-0.2, 0) is 14.3 Å². The molecule has 0 radical (unpaired) electrons. The molecule has 1 aliphatic rings. The molecule has 1 fully saturated rings. The summed E-state index contributed by atoms with van der Waals surface area (Å²) in [7, 11) is 1.42. The van der Waals surface area contributed by atoms with E-state index in [1.807, 2.05) is 37.3 Å². The van der Waals surface area contributed by atoms with Gasteiger partial charge in [-0.1, -0.05) is 18.2 Å². The summed E-state index contributed by atoms with van der Waals surface area (Å²) < 4.78 is 4.78. The number of ether oxygens (including phenoxy) is 1. The van der Waals surface area contributed by atoms with E-state index >= 15 is 0 Å². The fourth-order valence-corrected chi connectivity index (χ4v) is 2.62. The molecule has 0 saturated carbocycles. The van der Waals surface area contributed by atoms with Crippen LogP contribution in [0, 0.1) is 5.92 Å². The first kappa shape index (κ1) is 15.5. The topological polar surface area (TPSA) is 58.6 Å². The molecule has 0 unspecified atom stereocenters. The van der Waals surface area contributed by atoms with E-state index in [2.05, 4.69) is 10.2 Å². The standard InChI is InChI=1S/C16H22N2O3/c1-12(15(19)17-14-6-4-3-5-7-14)18-10-8-13(9-11-18)16(20)21-2/h3-7,12-13H,8-11H2,1-2H3,(H,17,19)/t12-/m0/s1. The molecular formula is C16H22N2O3. The molecule has 5 heteroatoms. The second-order valence-corrected chi connectivity index (χ2v) is 5.36. The summed E-state index contributed by atoms with van der Waals surface area (Å²) >= 11 is 0. The lowest BCUT2D eigenvalue weighted by molar-refractivity contribution is -0.147. The molecule has 5 nitrogen and oxygen atoms in total. The molecule has 1 saturated heterocycles. The van der Waals surface area contributed by atoms with E-state index in [0.717, 1.165) is 31.6 Å². The van der Waals surface area contributed by atoms with Gasteiger partial charge in [-0.25, -0.2) is 0 Å². The van der Waals surface area contributed by atoms with E-state index in [9.17, 15) is 9.59 Å². The van der Waals surface area contributed by atoms with Gasteiger partial charge in [-0.05, 0) is 45.0 Å². The summed E-state index contributed by atoms with van der Waals surface area (Å²) in [5, 5.41) is 2.91. The second-order valence-electron chi connectivity index (χ2n) is 5.36. The minimum atomic E-state index is -0.205. The Balaban J connectivity index is 1.85. The molecule has 0 spiro atoms. The predicted octanol–water partition coefficient (Wildman–Crippen LogP) is 1.90. The highest BCUT2D eigenvalue weighted by atomic mass is 16.5. The number of piperidine rings is 1. The molecule has 1 N–H and O–H groups in total. The van der Waals surface area contributed by atoms with Crippen molar-refractivity contribution < 1.29 is 14.3 Å². The summed E-state index contributed by atoms with van der Waals surface area (Å²) in [5.74, 6) is -0.190. The van der Waals surface area contributed by atoms with E-state index in [-0.39, 0.29) is 23.8 Å². The monoisotopic (exact) mass is 290 g/mol. The lowest BCUT2D eigenvalue weighted by atomic mass is 9.96. The third-order valence-electron chi connectivity index (χ3n) is 4.03. The smallest absolute Gasteiger partial charge is 0.308 e. The molecule has 21 heavy (non-hydrogen) atoms. The summed E-state index contributed by atoms with van der Waals surface area (Å²) in [4.78, 5) is 25.8. The average Bonchev–Trinajstić information content (AvgIpc) is 2.54. The Bertz CT molecular complexity index is 482. The van der Waals surface area contributed by atoms with Crippen molar-refractivity contribution in [3.63, 3.8) is 0 Å². The molecule has 114 valence electrons. The summed E-state index contributed by atoms with van der Waals surface area (Å²) in [6.45, 7) is 3.38. The van der Waals surface area contributed by atoms with Crippen molar-refractivity contribution in [3.8, 4) is 0 Å². The van der Waals surface area contributed by atoms with Crippen LogP contribution in [0.1, 0.15) is 19.8 Å². The Morgan fingerprint density at radius 2 is 1.86 bits per heavy atom. The van der Waals surface area contributed by atoms with E-state index < -0.39 is 0 Å². The van der Waals surface area contributed by atoms with Crippen molar-refractivity contribution in [2.24, 2.45) is 5.92 Å². The Kier molecular flexibility index (Phi) is 5.33. The highest BCUT2D eigenvalue weighted by molar-refractivity contribution is 5.94. The molecule has 1 aromatic rings. The SMILES string of the molecule is COC(=O)C1CCN([C@@H](C)C(=O)Nc2ccccc2)CC1. The Labute approximate surface area is 125 Å². The first-order chi connectivity index (χ1) is 10.1. The number of anilines is 1. The highest BCUT2D eigenvalue weighted by Crippen LogP contribution is 2.20. The number of para-hydroxylation sites is 1. The molecule has 1 atom stereocenters. The quantitative estimate of drug-likeness (QED) is 0.860. The second kappa shape index (κ2) is 7.22. The zero-order valence-electron chi connectivity index (χ0n) is 12.5. The van der Waals surface area contributed by atoms with E-state index in [4.69, 9.17) is 4.74 Å². The average molecular weight is 290 g/mol. The van der Waals surface area contributed by atoms with Crippen molar-refractivity contribution in [1.29, 1.82) is 0 Å². The van der Waals surface area contributed by atoms with Gasteiger partial charge >= 0.3 is 5.97 Å². The molecule has 0 aliphatic carbocycles. The lowest BCUT2D eigenvalue weighted by Gasteiger charge is -2.34. The first-order valence-corrected chi connectivity index (χ1v) is 7.29. The van der Waals surface area contributed by atoms with Gasteiger partial charge in [0, 0.05) is 5.69 Å². The molecular weight excluding hydrogens is 268 g/mol. The van der Waals surface area contributed by atoms with Crippen LogP contribution in [-0.4, -0.2) is 43.0 Å². The zero-order chi connectivity index (χ0) is 15.2. The van der Waals surface area contributed by atoms with Gasteiger partial charge in [-0.15, -0.1) is 0 Å². The summed E-state index contributed by atoms with van der Waals surface area (Å²) in [5.41, 5.74) is 0.804. The summed E-state index contributed by atoms with van der Waals surface area (Å²) in [6, 6.07) is 9.23. The van der Waals surface area contributed by atoms with Crippen LogP contribution in [0.5, 0.6) is 0 Å².